The van der Waals surface area contributed by atoms with E-state index < -0.39 is 0 Å². The van der Waals surface area contributed by atoms with Gasteiger partial charge in [0.2, 0.25) is 0 Å². The van der Waals surface area contributed by atoms with E-state index in [0.29, 0.717) is 11.5 Å². The predicted molar refractivity (Wildman–Crippen MR) is 87.5 cm³/mol. The molecule has 1 aromatic heterocycles. The highest BCUT2D eigenvalue weighted by Gasteiger charge is 2.20. The molecule has 2 aromatic rings. The Hall–Kier alpha value is -2.30. The van der Waals surface area contributed by atoms with E-state index in [1.54, 1.807) is 6.20 Å². The van der Waals surface area contributed by atoms with Gasteiger partial charge in [-0.1, -0.05) is 18.3 Å². The summed E-state index contributed by atoms with van der Waals surface area (Å²) in [5.41, 5.74) is 2.41. The fourth-order valence-corrected chi connectivity index (χ4v) is 3.22. The minimum absolute atomic E-state index is 0.0142. The highest BCUT2D eigenvalue weighted by Crippen LogP contribution is 2.29. The molecule has 23 heavy (non-hydrogen) atoms. The zero-order valence-electron chi connectivity index (χ0n) is 13.1. The summed E-state index contributed by atoms with van der Waals surface area (Å²) in [4.78, 5) is 0. The third kappa shape index (κ3) is 2.60. The zero-order chi connectivity index (χ0) is 15.6. The monoisotopic (exact) mass is 305 g/mol. The van der Waals surface area contributed by atoms with Crippen LogP contribution >= 0.6 is 0 Å². The van der Waals surface area contributed by atoms with Crippen LogP contribution in [0.4, 0.5) is 0 Å². The molecule has 2 heterocycles. The van der Waals surface area contributed by atoms with Gasteiger partial charge in [0.1, 0.15) is 6.07 Å². The van der Waals surface area contributed by atoms with Crippen molar-refractivity contribution in [3.8, 4) is 17.9 Å². The van der Waals surface area contributed by atoms with Crippen molar-refractivity contribution in [1.29, 1.82) is 5.26 Å². The molecule has 0 N–H and O–H groups in total. The number of hydrogen-bond donors (Lipinski definition) is 0. The van der Waals surface area contributed by atoms with Crippen molar-refractivity contribution in [2.75, 3.05) is 6.61 Å². The predicted octanol–water partition coefficient (Wildman–Crippen LogP) is 3.76. The summed E-state index contributed by atoms with van der Waals surface area (Å²) in [6.45, 7) is 0.780. The van der Waals surface area contributed by atoms with Gasteiger partial charge in [0, 0.05) is 23.5 Å². The van der Waals surface area contributed by atoms with Crippen molar-refractivity contribution in [3.05, 3.63) is 29.5 Å². The molecule has 2 aliphatic rings. The Morgan fingerprint density at radius 3 is 2.78 bits per heavy atom. The standard InChI is InChI=1S/C19H19N3O/c20-12-16-15(8-7-14-4-3-5-14)9-10-18-17(16)13-21-22(18)19-6-1-2-11-23-19/h9-10,13-14,19H,1-6,11H2. The third-order valence-corrected chi connectivity index (χ3v) is 4.84. The quantitative estimate of drug-likeness (QED) is 0.754. The molecule has 1 aromatic carbocycles. The summed E-state index contributed by atoms with van der Waals surface area (Å²) >= 11 is 0. The maximum atomic E-state index is 9.59. The van der Waals surface area contributed by atoms with Gasteiger partial charge in [0.05, 0.1) is 17.3 Å². The molecule has 1 atom stereocenters. The first-order valence-electron chi connectivity index (χ1n) is 8.40. The smallest absolute Gasteiger partial charge is 0.150 e. The van der Waals surface area contributed by atoms with Gasteiger partial charge in [-0.05, 0) is 44.2 Å². The molecule has 0 bridgehead atoms. The average Bonchev–Trinajstić information content (AvgIpc) is 2.98. The van der Waals surface area contributed by atoms with E-state index in [2.05, 4.69) is 23.0 Å². The number of benzene rings is 1. The second kappa shape index (κ2) is 6.07. The lowest BCUT2D eigenvalue weighted by atomic mass is 9.86. The molecule has 1 unspecified atom stereocenters. The van der Waals surface area contributed by atoms with Gasteiger partial charge < -0.3 is 4.74 Å². The molecule has 4 heteroatoms. The van der Waals surface area contributed by atoms with Crippen molar-refractivity contribution in [3.63, 3.8) is 0 Å². The highest BCUT2D eigenvalue weighted by atomic mass is 16.5. The number of ether oxygens (including phenoxy) is 1. The molecule has 4 nitrogen and oxygen atoms in total. The second-order valence-electron chi connectivity index (χ2n) is 6.34. The van der Waals surface area contributed by atoms with Crippen LogP contribution in [0, 0.1) is 29.1 Å². The molecular weight excluding hydrogens is 286 g/mol. The van der Waals surface area contributed by atoms with Gasteiger partial charge >= 0.3 is 0 Å². The number of aromatic nitrogens is 2. The van der Waals surface area contributed by atoms with Crippen molar-refractivity contribution in [1.82, 2.24) is 9.78 Å². The maximum Gasteiger partial charge on any atom is 0.150 e. The lowest BCUT2D eigenvalue weighted by molar-refractivity contribution is -0.0366. The van der Waals surface area contributed by atoms with Gasteiger partial charge in [-0.2, -0.15) is 10.4 Å². The van der Waals surface area contributed by atoms with Crippen LogP contribution in [0.3, 0.4) is 0 Å². The summed E-state index contributed by atoms with van der Waals surface area (Å²) in [7, 11) is 0. The molecule has 1 saturated heterocycles. The van der Waals surface area contributed by atoms with E-state index in [1.807, 2.05) is 16.8 Å². The van der Waals surface area contributed by atoms with Crippen molar-refractivity contribution >= 4 is 10.9 Å². The Morgan fingerprint density at radius 1 is 1.17 bits per heavy atom. The Balaban J connectivity index is 1.73. The van der Waals surface area contributed by atoms with E-state index in [4.69, 9.17) is 4.74 Å². The van der Waals surface area contributed by atoms with Crippen LogP contribution in [0.25, 0.3) is 10.9 Å². The van der Waals surface area contributed by atoms with Gasteiger partial charge in [-0.15, -0.1) is 0 Å². The zero-order valence-corrected chi connectivity index (χ0v) is 13.1. The summed E-state index contributed by atoms with van der Waals surface area (Å²) in [5.74, 6) is 7.01. The first kappa shape index (κ1) is 14.3. The van der Waals surface area contributed by atoms with E-state index >= 15 is 0 Å². The molecular formula is C19H19N3O. The molecule has 0 radical (unpaired) electrons. The van der Waals surface area contributed by atoms with Crippen LogP contribution in [0.1, 0.15) is 55.9 Å². The SMILES string of the molecule is N#Cc1c(C#CC2CCC2)ccc2c1cnn2C1CCCCO1. The number of nitriles is 1. The molecule has 0 amide bonds. The topological polar surface area (TPSA) is 50.8 Å². The fraction of sp³-hybridized carbons (Fsp3) is 0.474. The third-order valence-electron chi connectivity index (χ3n) is 4.84. The second-order valence-corrected chi connectivity index (χ2v) is 6.34. The number of fused-ring (bicyclic) bond motifs is 1. The Labute approximate surface area is 136 Å². The number of rotatable bonds is 1. The lowest BCUT2D eigenvalue weighted by Gasteiger charge is -2.23. The number of hydrogen-bond acceptors (Lipinski definition) is 3. The molecule has 1 aliphatic heterocycles. The Bertz CT molecular complexity index is 824. The summed E-state index contributed by atoms with van der Waals surface area (Å²) < 4.78 is 7.74. The summed E-state index contributed by atoms with van der Waals surface area (Å²) in [6, 6.07) is 6.29. The number of nitrogens with zero attached hydrogens (tertiary/aromatic N) is 3. The van der Waals surface area contributed by atoms with Gasteiger partial charge in [-0.25, -0.2) is 4.68 Å². The molecule has 2 fully saturated rings. The lowest BCUT2D eigenvalue weighted by Crippen LogP contribution is -2.18. The first-order valence-corrected chi connectivity index (χ1v) is 8.40. The Kier molecular flexibility index (Phi) is 3.77. The normalized spacial score (nSPS) is 21.3. The van der Waals surface area contributed by atoms with Crippen molar-refractivity contribution in [2.45, 2.75) is 44.8 Å². The van der Waals surface area contributed by atoms with Crippen LogP contribution in [-0.2, 0) is 4.74 Å². The van der Waals surface area contributed by atoms with Crippen molar-refractivity contribution < 1.29 is 4.74 Å². The van der Waals surface area contributed by atoms with Crippen LogP contribution in [0.15, 0.2) is 18.3 Å². The molecule has 1 saturated carbocycles. The van der Waals surface area contributed by atoms with Crippen LogP contribution in [-0.4, -0.2) is 16.4 Å². The van der Waals surface area contributed by atoms with Crippen molar-refractivity contribution in [2.24, 2.45) is 5.92 Å². The molecule has 4 rings (SSSR count). The van der Waals surface area contributed by atoms with E-state index in [9.17, 15) is 5.26 Å². The van der Waals surface area contributed by atoms with E-state index in [1.165, 1.54) is 19.3 Å². The van der Waals surface area contributed by atoms with E-state index in [-0.39, 0.29) is 6.23 Å². The van der Waals surface area contributed by atoms with Gasteiger partial charge in [-0.3, -0.25) is 0 Å². The van der Waals surface area contributed by atoms with Gasteiger partial charge in [0.15, 0.2) is 6.23 Å². The van der Waals surface area contributed by atoms with Crippen LogP contribution < -0.4 is 0 Å². The minimum Gasteiger partial charge on any atom is -0.356 e. The summed E-state index contributed by atoms with van der Waals surface area (Å²) in [5, 5.41) is 14.9. The molecule has 116 valence electrons. The Morgan fingerprint density at radius 2 is 2.09 bits per heavy atom. The van der Waals surface area contributed by atoms with Crippen LogP contribution in [0.5, 0.6) is 0 Å². The summed E-state index contributed by atoms with van der Waals surface area (Å²) in [6.07, 6.45) is 8.66. The molecule has 0 spiro atoms. The average molecular weight is 305 g/mol. The van der Waals surface area contributed by atoms with E-state index in [0.717, 1.165) is 42.3 Å². The highest BCUT2D eigenvalue weighted by molar-refractivity contribution is 5.87. The first-order chi connectivity index (χ1) is 11.4. The largest absolute Gasteiger partial charge is 0.356 e. The minimum atomic E-state index is -0.0142. The van der Waals surface area contributed by atoms with Crippen LogP contribution in [0.2, 0.25) is 0 Å². The van der Waals surface area contributed by atoms with Gasteiger partial charge in [0.25, 0.3) is 0 Å². The molecule has 1 aliphatic carbocycles. The fourth-order valence-electron chi connectivity index (χ4n) is 3.22. The maximum absolute atomic E-state index is 9.59.